The van der Waals surface area contributed by atoms with Gasteiger partial charge in [0, 0.05) is 19.8 Å². The third-order valence-electron chi connectivity index (χ3n) is 4.76. The average Bonchev–Trinajstić information content (AvgIpc) is 2.66. The van der Waals surface area contributed by atoms with E-state index in [1.807, 2.05) is 19.1 Å². The second-order valence-electron chi connectivity index (χ2n) is 6.93. The van der Waals surface area contributed by atoms with Gasteiger partial charge < -0.3 is 4.57 Å². The van der Waals surface area contributed by atoms with E-state index in [0.717, 1.165) is 5.56 Å². The molecule has 0 saturated heterocycles. The van der Waals surface area contributed by atoms with Crippen LogP contribution in [0.15, 0.2) is 69.6 Å². The Hall–Kier alpha value is -1.81. The monoisotopic (exact) mass is 532 g/mol. The molecule has 0 N–H and O–H groups in total. The van der Waals surface area contributed by atoms with Gasteiger partial charge in [-0.05, 0) is 75.9 Å². The lowest BCUT2D eigenvalue weighted by Crippen LogP contribution is -2.22. The average molecular weight is 534 g/mol. The number of hydrogen-bond acceptors (Lipinski definition) is 3. The van der Waals surface area contributed by atoms with E-state index >= 15 is 0 Å². The molecule has 3 aromatic carbocycles. The zero-order valence-corrected chi connectivity index (χ0v) is 20.3. The molecule has 3 aromatic rings. The van der Waals surface area contributed by atoms with E-state index in [1.54, 1.807) is 62.4 Å². The Morgan fingerprint density at radius 1 is 0.724 bits per heavy atom. The summed E-state index contributed by atoms with van der Waals surface area (Å²) in [6, 6.07) is 17.2. The van der Waals surface area contributed by atoms with Gasteiger partial charge in [-0.2, -0.15) is 0 Å². The van der Waals surface area contributed by atoms with Gasteiger partial charge in [-0.15, -0.1) is 0 Å². The molecule has 0 aliphatic carbocycles. The van der Waals surface area contributed by atoms with Gasteiger partial charge in [-0.1, -0.05) is 54.1 Å². The van der Waals surface area contributed by atoms with Crippen LogP contribution in [0.25, 0.3) is 0 Å². The molecule has 29 heavy (non-hydrogen) atoms. The third-order valence-corrected chi connectivity index (χ3v) is 8.70. The summed E-state index contributed by atoms with van der Waals surface area (Å²) in [6.45, 7) is 5.55. The van der Waals surface area contributed by atoms with Crippen LogP contribution in [-0.2, 0) is 4.57 Å². The molecular weight excluding hydrogens is 515 g/mol. The first-order valence-electron chi connectivity index (χ1n) is 8.95. The Balaban J connectivity index is 2.31. The zero-order valence-electron chi connectivity index (χ0n) is 16.2. The largest absolute Gasteiger partial charge is 0.302 e. The number of aryl methyl sites for hydroxylation is 3. The molecular formula is C23H19Br2O3P. The molecule has 148 valence electrons. The number of carbonyl (C=O) groups is 2. The molecule has 0 bridgehead atoms. The molecule has 0 radical (unpaired) electrons. The molecule has 0 aliphatic rings. The molecule has 0 fully saturated rings. The van der Waals surface area contributed by atoms with Crippen molar-refractivity contribution >= 4 is 55.4 Å². The van der Waals surface area contributed by atoms with Crippen molar-refractivity contribution in [2.75, 3.05) is 0 Å². The van der Waals surface area contributed by atoms with Crippen LogP contribution >= 0.6 is 39.0 Å². The van der Waals surface area contributed by atoms with Crippen molar-refractivity contribution in [2.45, 2.75) is 20.8 Å². The minimum atomic E-state index is -4.16. The van der Waals surface area contributed by atoms with Crippen molar-refractivity contribution in [1.82, 2.24) is 0 Å². The van der Waals surface area contributed by atoms with Crippen molar-refractivity contribution in [3.05, 3.63) is 97.4 Å². The number of halogens is 2. The lowest BCUT2D eigenvalue weighted by molar-refractivity contribution is 0.104. The Kier molecular flexibility index (Phi) is 6.42. The van der Waals surface area contributed by atoms with E-state index in [2.05, 4.69) is 31.9 Å². The topological polar surface area (TPSA) is 51.2 Å². The fourth-order valence-corrected chi connectivity index (χ4v) is 7.63. The predicted molar refractivity (Wildman–Crippen MR) is 125 cm³/mol. The third kappa shape index (κ3) is 3.96. The second-order valence-corrected chi connectivity index (χ2v) is 11.2. The normalized spacial score (nSPS) is 13.0. The summed E-state index contributed by atoms with van der Waals surface area (Å²) in [4.78, 5) is 27.4. The Morgan fingerprint density at radius 3 is 1.72 bits per heavy atom. The summed E-state index contributed by atoms with van der Waals surface area (Å²) in [6.07, 6.45) is 0. The van der Waals surface area contributed by atoms with E-state index in [0.29, 0.717) is 25.6 Å². The minimum Gasteiger partial charge on any atom is -0.302 e. The van der Waals surface area contributed by atoms with Crippen LogP contribution < -0.4 is 5.30 Å². The van der Waals surface area contributed by atoms with Crippen LogP contribution in [0.5, 0.6) is 0 Å². The van der Waals surface area contributed by atoms with Gasteiger partial charge in [-0.25, -0.2) is 0 Å². The van der Waals surface area contributed by atoms with Crippen LogP contribution in [0, 0.1) is 20.8 Å². The van der Waals surface area contributed by atoms with E-state index < -0.39 is 18.2 Å². The fourth-order valence-electron chi connectivity index (χ4n) is 3.50. The van der Waals surface area contributed by atoms with E-state index in [1.165, 1.54) is 0 Å². The van der Waals surface area contributed by atoms with E-state index in [4.69, 9.17) is 0 Å². The summed E-state index contributed by atoms with van der Waals surface area (Å²) in [5.74, 6) is 0. The summed E-state index contributed by atoms with van der Waals surface area (Å²) in [5, 5.41) is 0.233. The van der Waals surface area contributed by atoms with Crippen molar-refractivity contribution in [1.29, 1.82) is 0 Å². The first-order valence-corrected chi connectivity index (χ1v) is 12.2. The number of rotatable bonds is 5. The van der Waals surface area contributed by atoms with Crippen molar-refractivity contribution in [3.63, 3.8) is 0 Å². The highest BCUT2D eigenvalue weighted by Crippen LogP contribution is 2.53. The second kappa shape index (κ2) is 8.51. The van der Waals surface area contributed by atoms with Crippen LogP contribution in [0.2, 0.25) is 0 Å². The zero-order chi connectivity index (χ0) is 21.3. The minimum absolute atomic E-state index is 0.204. The smallest absolute Gasteiger partial charge is 0.248 e. The van der Waals surface area contributed by atoms with Gasteiger partial charge >= 0.3 is 0 Å². The molecule has 3 nitrogen and oxygen atoms in total. The van der Waals surface area contributed by atoms with Gasteiger partial charge in [-0.3, -0.25) is 9.59 Å². The molecule has 3 rings (SSSR count). The van der Waals surface area contributed by atoms with Gasteiger partial charge in [0.2, 0.25) is 18.2 Å². The maximum absolute atomic E-state index is 14.4. The van der Waals surface area contributed by atoms with Crippen LogP contribution in [0.3, 0.4) is 0 Å². The van der Waals surface area contributed by atoms with E-state index in [9.17, 15) is 14.2 Å². The maximum atomic E-state index is 14.4. The van der Waals surface area contributed by atoms with Gasteiger partial charge in [0.05, 0.1) is 5.56 Å². The van der Waals surface area contributed by atoms with Crippen LogP contribution in [-0.4, -0.2) is 11.0 Å². The number of benzene rings is 3. The number of carbonyl (C=O) groups excluding carboxylic acids is 2. The molecule has 0 spiro atoms. The summed E-state index contributed by atoms with van der Waals surface area (Å²) >= 11 is 6.75. The van der Waals surface area contributed by atoms with Crippen LogP contribution in [0.1, 0.15) is 37.4 Å². The predicted octanol–water partition coefficient (Wildman–Crippen LogP) is 6.81. The highest BCUT2D eigenvalue weighted by atomic mass is 79.9. The Labute approximate surface area is 187 Å². The molecule has 0 heterocycles. The van der Waals surface area contributed by atoms with Crippen molar-refractivity contribution in [3.8, 4) is 0 Å². The summed E-state index contributed by atoms with van der Waals surface area (Å²) in [5.41, 5.74) is 1.66. The Morgan fingerprint density at radius 2 is 1.21 bits per heavy atom. The molecule has 1 unspecified atom stereocenters. The molecule has 1 atom stereocenters. The van der Waals surface area contributed by atoms with Gasteiger partial charge in [0.15, 0.2) is 0 Å². The lowest BCUT2D eigenvalue weighted by Gasteiger charge is -2.20. The highest BCUT2D eigenvalue weighted by Gasteiger charge is 2.44. The van der Waals surface area contributed by atoms with Gasteiger partial charge in [0.1, 0.15) is 0 Å². The standard InChI is InChI=1S/C23H19Br2O3P/c1-14-12-15(2)20(16(3)13-14)22(26)29(28,17-8-5-4-6-9-17)23(27)21-18(24)10-7-11-19(21)25/h4-13H,1-3H3. The highest BCUT2D eigenvalue weighted by molar-refractivity contribution is 9.11. The SMILES string of the molecule is Cc1cc(C)c(C(=O)P(=O)(C(=O)c2c(Br)cccc2Br)c2ccccc2)c(C)c1. The summed E-state index contributed by atoms with van der Waals surface area (Å²) < 4.78 is 15.3. The summed E-state index contributed by atoms with van der Waals surface area (Å²) in [7, 11) is -4.16. The quantitative estimate of drug-likeness (QED) is 0.339. The maximum Gasteiger partial charge on any atom is 0.248 e. The molecule has 0 aromatic heterocycles. The Bertz CT molecular complexity index is 1130. The van der Waals surface area contributed by atoms with Crippen molar-refractivity contribution < 1.29 is 14.2 Å². The first-order chi connectivity index (χ1) is 13.7. The fraction of sp³-hybridized carbons (Fsp3) is 0.130. The molecule has 0 amide bonds. The molecule has 0 saturated carbocycles. The molecule has 6 heteroatoms. The molecule has 0 aliphatic heterocycles. The number of hydrogen-bond donors (Lipinski definition) is 0. The van der Waals surface area contributed by atoms with Crippen LogP contribution in [0.4, 0.5) is 0 Å². The van der Waals surface area contributed by atoms with Crippen molar-refractivity contribution in [2.24, 2.45) is 0 Å². The first kappa shape index (κ1) is 21.9. The van der Waals surface area contributed by atoms with E-state index in [-0.39, 0.29) is 10.9 Å². The van der Waals surface area contributed by atoms with Gasteiger partial charge in [0.25, 0.3) is 0 Å². The lowest BCUT2D eigenvalue weighted by atomic mass is 10.0.